The van der Waals surface area contributed by atoms with Crippen molar-refractivity contribution in [2.24, 2.45) is 4.99 Å². The number of fused-ring (bicyclic) bond motifs is 1. The van der Waals surface area contributed by atoms with Gasteiger partial charge >= 0.3 is 0 Å². The molecule has 0 saturated carbocycles. The van der Waals surface area contributed by atoms with E-state index in [4.69, 9.17) is 19.2 Å². The third-order valence-electron chi connectivity index (χ3n) is 4.59. The van der Waals surface area contributed by atoms with Gasteiger partial charge in [0, 0.05) is 50.8 Å². The van der Waals surface area contributed by atoms with Crippen LogP contribution in [0.1, 0.15) is 31.9 Å². The Kier molecular flexibility index (Phi) is 9.37. The summed E-state index contributed by atoms with van der Waals surface area (Å²) in [6.07, 6.45) is 1.15. The van der Waals surface area contributed by atoms with E-state index in [1.54, 1.807) is 7.11 Å². The van der Waals surface area contributed by atoms with E-state index in [0.717, 1.165) is 62.2 Å². The number of nitrogens with zero attached hydrogens (tertiary/aromatic N) is 2. The minimum Gasteiger partial charge on any atom is -0.494 e. The van der Waals surface area contributed by atoms with Gasteiger partial charge in [-0.3, -0.25) is 0 Å². The Hall–Kier alpha value is -1.99. The van der Waals surface area contributed by atoms with E-state index in [-0.39, 0.29) is 6.10 Å². The third-order valence-corrected chi connectivity index (χ3v) is 4.59. The van der Waals surface area contributed by atoms with Crippen LogP contribution in [-0.2, 0) is 17.7 Å². The lowest BCUT2D eigenvalue weighted by Crippen LogP contribution is -2.41. The molecule has 1 aromatic carbocycles. The molecule has 1 atom stereocenters. The van der Waals surface area contributed by atoms with Crippen LogP contribution >= 0.6 is 0 Å². The number of methoxy groups -OCH3 is 1. The highest BCUT2D eigenvalue weighted by Gasteiger charge is 2.21. The number of rotatable bonds is 11. The van der Waals surface area contributed by atoms with Gasteiger partial charge in [-0.1, -0.05) is 0 Å². The van der Waals surface area contributed by atoms with Crippen molar-refractivity contribution in [2.75, 3.05) is 53.6 Å². The van der Waals surface area contributed by atoms with Crippen molar-refractivity contribution in [3.05, 3.63) is 23.3 Å². The van der Waals surface area contributed by atoms with Crippen molar-refractivity contribution in [1.82, 2.24) is 15.5 Å². The molecular weight excluding hydrogens is 356 g/mol. The van der Waals surface area contributed by atoms with Crippen LogP contribution in [-0.4, -0.2) is 70.5 Å². The first kappa shape index (κ1) is 22.3. The molecule has 0 aliphatic carbocycles. The molecule has 2 rings (SSSR count). The van der Waals surface area contributed by atoms with Crippen LogP contribution in [0.3, 0.4) is 0 Å². The molecule has 28 heavy (non-hydrogen) atoms. The zero-order chi connectivity index (χ0) is 20.4. The second-order valence-electron chi connectivity index (χ2n) is 7.05. The molecule has 1 unspecified atom stereocenters. The SMILES string of the molecule is CCNC(=NCc1cc2c(cc1OCC)CC(C)O2)NCCN(C)CCOC. The highest BCUT2D eigenvalue weighted by atomic mass is 16.5. The topological polar surface area (TPSA) is 67.4 Å². The number of ether oxygens (including phenoxy) is 3. The van der Waals surface area contributed by atoms with E-state index < -0.39 is 0 Å². The average molecular weight is 393 g/mol. The fourth-order valence-corrected chi connectivity index (χ4v) is 3.12. The first-order valence-electron chi connectivity index (χ1n) is 10.2. The Labute approximate surface area is 169 Å². The summed E-state index contributed by atoms with van der Waals surface area (Å²) in [6, 6.07) is 4.19. The van der Waals surface area contributed by atoms with Crippen molar-refractivity contribution in [3.8, 4) is 11.5 Å². The molecule has 0 bridgehead atoms. The highest BCUT2D eigenvalue weighted by molar-refractivity contribution is 5.79. The Morgan fingerprint density at radius 3 is 2.82 bits per heavy atom. The summed E-state index contributed by atoms with van der Waals surface area (Å²) in [5.74, 6) is 2.66. The maximum Gasteiger partial charge on any atom is 0.191 e. The summed E-state index contributed by atoms with van der Waals surface area (Å²) in [5, 5.41) is 6.70. The zero-order valence-corrected chi connectivity index (χ0v) is 18.0. The molecule has 1 aromatic rings. The predicted octanol–water partition coefficient (Wildman–Crippen LogP) is 2.04. The van der Waals surface area contributed by atoms with Crippen molar-refractivity contribution < 1.29 is 14.2 Å². The number of hydrogen-bond donors (Lipinski definition) is 2. The average Bonchev–Trinajstić information content (AvgIpc) is 3.03. The minimum absolute atomic E-state index is 0.220. The van der Waals surface area contributed by atoms with E-state index in [0.29, 0.717) is 13.2 Å². The van der Waals surface area contributed by atoms with Gasteiger partial charge in [0.15, 0.2) is 5.96 Å². The van der Waals surface area contributed by atoms with Gasteiger partial charge in [0.25, 0.3) is 0 Å². The van der Waals surface area contributed by atoms with Crippen LogP contribution in [0.2, 0.25) is 0 Å². The van der Waals surface area contributed by atoms with Crippen molar-refractivity contribution >= 4 is 5.96 Å². The summed E-state index contributed by atoms with van der Waals surface area (Å²) in [7, 11) is 3.81. The van der Waals surface area contributed by atoms with Gasteiger partial charge in [0.1, 0.15) is 17.6 Å². The monoisotopic (exact) mass is 392 g/mol. The van der Waals surface area contributed by atoms with E-state index in [9.17, 15) is 0 Å². The molecule has 1 heterocycles. The predicted molar refractivity (Wildman–Crippen MR) is 114 cm³/mol. The third kappa shape index (κ3) is 6.87. The number of nitrogens with one attached hydrogen (secondary N) is 2. The van der Waals surface area contributed by atoms with Gasteiger partial charge in [0.05, 0.1) is 19.8 Å². The first-order chi connectivity index (χ1) is 13.6. The standard InChI is InChI=1S/C21H36N4O3/c1-6-22-21(23-8-9-25(4)10-11-26-5)24-15-18-14-20-17(12-16(3)28-20)13-19(18)27-7-2/h13-14,16H,6-12,15H2,1-5H3,(H2,22,23,24). The van der Waals surface area contributed by atoms with Crippen LogP contribution in [0, 0.1) is 0 Å². The molecule has 158 valence electrons. The molecule has 0 amide bonds. The number of benzene rings is 1. The summed E-state index contributed by atoms with van der Waals surface area (Å²) in [6.45, 7) is 11.5. The van der Waals surface area contributed by atoms with Gasteiger partial charge < -0.3 is 29.7 Å². The largest absolute Gasteiger partial charge is 0.494 e. The number of hydrogen-bond acceptors (Lipinski definition) is 5. The molecule has 0 spiro atoms. The van der Waals surface area contributed by atoms with Crippen LogP contribution in [0.15, 0.2) is 17.1 Å². The Morgan fingerprint density at radius 2 is 2.11 bits per heavy atom. The molecule has 2 N–H and O–H groups in total. The Bertz CT molecular complexity index is 636. The smallest absolute Gasteiger partial charge is 0.191 e. The van der Waals surface area contributed by atoms with Gasteiger partial charge in [-0.15, -0.1) is 0 Å². The minimum atomic E-state index is 0.220. The van der Waals surface area contributed by atoms with Crippen LogP contribution in [0.5, 0.6) is 11.5 Å². The van der Waals surface area contributed by atoms with Crippen molar-refractivity contribution in [2.45, 2.75) is 39.8 Å². The summed E-state index contributed by atoms with van der Waals surface area (Å²) < 4.78 is 16.9. The molecule has 1 aliphatic rings. The van der Waals surface area contributed by atoms with Crippen LogP contribution in [0.4, 0.5) is 0 Å². The van der Waals surface area contributed by atoms with E-state index in [1.807, 2.05) is 6.92 Å². The van der Waals surface area contributed by atoms with E-state index in [1.165, 1.54) is 5.56 Å². The first-order valence-corrected chi connectivity index (χ1v) is 10.2. The van der Waals surface area contributed by atoms with Gasteiger partial charge in [0.2, 0.25) is 0 Å². The summed E-state index contributed by atoms with van der Waals surface area (Å²) in [4.78, 5) is 6.97. The maximum atomic E-state index is 5.91. The fraction of sp³-hybridized carbons (Fsp3) is 0.667. The summed E-state index contributed by atoms with van der Waals surface area (Å²) in [5.41, 5.74) is 2.26. The van der Waals surface area contributed by atoms with Crippen LogP contribution in [0.25, 0.3) is 0 Å². The zero-order valence-electron chi connectivity index (χ0n) is 18.0. The lowest BCUT2D eigenvalue weighted by Gasteiger charge is -2.18. The fourth-order valence-electron chi connectivity index (χ4n) is 3.12. The molecule has 7 nitrogen and oxygen atoms in total. The quantitative estimate of drug-likeness (QED) is 0.444. The second-order valence-corrected chi connectivity index (χ2v) is 7.05. The van der Waals surface area contributed by atoms with Crippen LogP contribution < -0.4 is 20.1 Å². The lowest BCUT2D eigenvalue weighted by atomic mass is 10.1. The van der Waals surface area contributed by atoms with E-state index >= 15 is 0 Å². The maximum absolute atomic E-state index is 5.91. The second kappa shape index (κ2) is 11.8. The molecule has 0 fully saturated rings. The number of aliphatic imine (C=N–C) groups is 1. The van der Waals surface area contributed by atoms with Gasteiger partial charge in [-0.2, -0.15) is 0 Å². The number of likely N-dealkylation sites (N-methyl/N-ethyl adjacent to an activating group) is 1. The number of guanidine groups is 1. The summed E-state index contributed by atoms with van der Waals surface area (Å²) >= 11 is 0. The normalized spacial score (nSPS) is 16.1. The molecule has 7 heteroatoms. The Morgan fingerprint density at radius 1 is 1.29 bits per heavy atom. The molecule has 0 aromatic heterocycles. The Balaban J connectivity index is 2.00. The highest BCUT2D eigenvalue weighted by Crippen LogP contribution is 2.35. The van der Waals surface area contributed by atoms with E-state index in [2.05, 4.69) is 48.6 Å². The van der Waals surface area contributed by atoms with Crippen molar-refractivity contribution in [3.63, 3.8) is 0 Å². The van der Waals surface area contributed by atoms with Gasteiger partial charge in [-0.05, 0) is 40.0 Å². The van der Waals surface area contributed by atoms with Crippen molar-refractivity contribution in [1.29, 1.82) is 0 Å². The lowest BCUT2D eigenvalue weighted by molar-refractivity contribution is 0.162. The molecule has 0 radical (unpaired) electrons. The molecular formula is C21H36N4O3. The molecule has 0 saturated heterocycles. The molecule has 1 aliphatic heterocycles. The van der Waals surface area contributed by atoms with Gasteiger partial charge in [-0.25, -0.2) is 4.99 Å².